The molecule has 1 saturated heterocycles. The zero-order chi connectivity index (χ0) is 23.7. The van der Waals surface area contributed by atoms with Crippen molar-refractivity contribution in [3.8, 4) is 0 Å². The van der Waals surface area contributed by atoms with E-state index in [0.29, 0.717) is 26.2 Å². The van der Waals surface area contributed by atoms with E-state index in [2.05, 4.69) is 4.90 Å². The van der Waals surface area contributed by atoms with Gasteiger partial charge in [0, 0.05) is 45.4 Å². The van der Waals surface area contributed by atoms with Gasteiger partial charge >= 0.3 is 6.18 Å². The maximum atomic E-state index is 13.0. The van der Waals surface area contributed by atoms with Crippen LogP contribution in [0, 0.1) is 0 Å². The van der Waals surface area contributed by atoms with Crippen molar-refractivity contribution in [2.24, 2.45) is 0 Å². The number of halogens is 3. The minimum absolute atomic E-state index is 0.0349. The maximum absolute atomic E-state index is 13.0. The summed E-state index contributed by atoms with van der Waals surface area (Å²) in [5.41, 5.74) is -0.633. The second-order valence-corrected chi connectivity index (χ2v) is 8.11. The first kappa shape index (κ1) is 26.5. The number of morpholine rings is 1. The average Bonchev–Trinajstić information content (AvgIpc) is 2.74. The minimum atomic E-state index is -4.46. The van der Waals surface area contributed by atoms with E-state index in [0.717, 1.165) is 12.1 Å². The summed E-state index contributed by atoms with van der Waals surface area (Å²) in [5.74, 6) is -0.387. The number of methoxy groups -OCH3 is 1. The highest BCUT2D eigenvalue weighted by molar-refractivity contribution is 5.94. The Labute approximate surface area is 187 Å². The quantitative estimate of drug-likeness (QED) is 0.544. The number of carbonyl (C=O) groups excluding carboxylic acids is 1. The van der Waals surface area contributed by atoms with Gasteiger partial charge in [0.05, 0.1) is 43.7 Å². The summed E-state index contributed by atoms with van der Waals surface area (Å²) in [6.07, 6.45) is -5.35. The Hall–Kier alpha value is -1.72. The lowest BCUT2D eigenvalue weighted by atomic mass is 10.1. The summed E-state index contributed by atoms with van der Waals surface area (Å²) >= 11 is 0. The van der Waals surface area contributed by atoms with Crippen LogP contribution in [0.5, 0.6) is 0 Å². The van der Waals surface area contributed by atoms with Gasteiger partial charge in [-0.3, -0.25) is 9.69 Å². The fourth-order valence-electron chi connectivity index (χ4n) is 3.42. The van der Waals surface area contributed by atoms with E-state index >= 15 is 0 Å². The average molecular weight is 463 g/mol. The van der Waals surface area contributed by atoms with Crippen LogP contribution in [-0.4, -0.2) is 98.8 Å². The molecule has 182 valence electrons. The first-order chi connectivity index (χ1) is 15.1. The fourth-order valence-corrected chi connectivity index (χ4v) is 3.42. The Bertz CT molecular complexity index is 700. The first-order valence-corrected chi connectivity index (χ1v) is 10.7. The molecule has 7 nitrogen and oxygen atoms in total. The molecule has 1 aromatic carbocycles. The number of ether oxygens (including phenoxy) is 3. The molecule has 1 fully saturated rings. The molecular formula is C22H33F3N2O5. The minimum Gasteiger partial charge on any atom is -0.389 e. The van der Waals surface area contributed by atoms with Crippen LogP contribution >= 0.6 is 0 Å². The number of aliphatic hydroxyl groups excluding tert-OH is 1. The lowest BCUT2D eigenvalue weighted by Crippen LogP contribution is -2.51. The van der Waals surface area contributed by atoms with Crippen molar-refractivity contribution in [2.75, 3.05) is 59.7 Å². The third-order valence-corrected chi connectivity index (χ3v) is 5.05. The van der Waals surface area contributed by atoms with Crippen LogP contribution in [0.1, 0.15) is 29.8 Å². The van der Waals surface area contributed by atoms with Crippen LogP contribution in [-0.2, 0) is 20.4 Å². The predicted molar refractivity (Wildman–Crippen MR) is 112 cm³/mol. The molecule has 1 aliphatic heterocycles. The number of hydrogen-bond donors (Lipinski definition) is 1. The van der Waals surface area contributed by atoms with Gasteiger partial charge in [-0.05, 0) is 38.1 Å². The van der Waals surface area contributed by atoms with Crippen LogP contribution in [0.4, 0.5) is 13.2 Å². The summed E-state index contributed by atoms with van der Waals surface area (Å²) in [6, 6.07) is 4.18. The summed E-state index contributed by atoms with van der Waals surface area (Å²) in [4.78, 5) is 16.5. The van der Waals surface area contributed by atoms with Crippen molar-refractivity contribution in [3.63, 3.8) is 0 Å². The van der Waals surface area contributed by atoms with E-state index in [1.165, 1.54) is 24.1 Å². The summed E-state index contributed by atoms with van der Waals surface area (Å²) in [7, 11) is 1.51. The molecular weight excluding hydrogens is 429 g/mol. The van der Waals surface area contributed by atoms with Crippen molar-refractivity contribution < 1.29 is 37.3 Å². The number of β-amino-alcohol motifs (C(OH)–C–C–N with tert-alkyl or cyclic N) is 1. The second-order valence-electron chi connectivity index (χ2n) is 8.11. The third-order valence-electron chi connectivity index (χ3n) is 5.05. The van der Waals surface area contributed by atoms with Gasteiger partial charge in [0.1, 0.15) is 0 Å². The van der Waals surface area contributed by atoms with Crippen LogP contribution in [0.25, 0.3) is 0 Å². The zero-order valence-electron chi connectivity index (χ0n) is 18.8. The van der Waals surface area contributed by atoms with Crippen LogP contribution in [0.2, 0.25) is 0 Å². The number of carbonyl (C=O) groups is 1. The SMILES string of the molecule is COCCN(CC1CN(CC(O)COC(C)C)CCO1)C(=O)c1ccc(C(F)(F)F)cc1. The Morgan fingerprint density at radius 2 is 2.00 bits per heavy atom. The van der Waals surface area contributed by atoms with Gasteiger partial charge in [0.25, 0.3) is 5.91 Å². The summed E-state index contributed by atoms with van der Waals surface area (Å²) in [6.45, 7) is 6.92. The van der Waals surface area contributed by atoms with E-state index in [9.17, 15) is 23.1 Å². The van der Waals surface area contributed by atoms with Gasteiger partial charge < -0.3 is 24.2 Å². The molecule has 1 aliphatic rings. The predicted octanol–water partition coefficient (Wildman–Crippen LogP) is 2.28. The number of nitrogens with zero attached hydrogens (tertiary/aromatic N) is 2. The number of amides is 1. The third kappa shape index (κ3) is 8.67. The van der Waals surface area contributed by atoms with Crippen molar-refractivity contribution >= 4 is 5.91 Å². The van der Waals surface area contributed by atoms with E-state index in [1.54, 1.807) is 0 Å². The molecule has 1 amide bonds. The van der Waals surface area contributed by atoms with E-state index in [1.807, 2.05) is 13.8 Å². The van der Waals surface area contributed by atoms with Crippen molar-refractivity contribution in [2.45, 2.75) is 38.3 Å². The molecule has 0 spiro atoms. The molecule has 1 aromatic rings. The number of aliphatic hydroxyl groups is 1. The topological polar surface area (TPSA) is 71.5 Å². The van der Waals surface area contributed by atoms with Crippen LogP contribution < -0.4 is 0 Å². The Balaban J connectivity index is 1.99. The molecule has 32 heavy (non-hydrogen) atoms. The summed E-state index contributed by atoms with van der Waals surface area (Å²) in [5, 5.41) is 10.2. The number of benzene rings is 1. The van der Waals surface area contributed by atoms with Gasteiger partial charge in [-0.1, -0.05) is 0 Å². The fraction of sp³-hybridized carbons (Fsp3) is 0.682. The number of alkyl halides is 3. The number of rotatable bonds is 11. The zero-order valence-corrected chi connectivity index (χ0v) is 18.8. The molecule has 2 rings (SSSR count). The molecule has 2 atom stereocenters. The Kier molecular flexibility index (Phi) is 10.4. The molecule has 1 heterocycles. The van der Waals surface area contributed by atoms with E-state index in [4.69, 9.17) is 14.2 Å². The van der Waals surface area contributed by atoms with Crippen LogP contribution in [0.3, 0.4) is 0 Å². The number of hydrogen-bond acceptors (Lipinski definition) is 6. The largest absolute Gasteiger partial charge is 0.416 e. The Morgan fingerprint density at radius 1 is 1.31 bits per heavy atom. The van der Waals surface area contributed by atoms with Gasteiger partial charge in [-0.2, -0.15) is 13.2 Å². The highest BCUT2D eigenvalue weighted by Crippen LogP contribution is 2.29. The molecule has 0 aliphatic carbocycles. The van der Waals surface area contributed by atoms with Crippen LogP contribution in [0.15, 0.2) is 24.3 Å². The summed E-state index contributed by atoms with van der Waals surface area (Å²) < 4.78 is 54.8. The monoisotopic (exact) mass is 462 g/mol. The van der Waals surface area contributed by atoms with Crippen molar-refractivity contribution in [1.29, 1.82) is 0 Å². The van der Waals surface area contributed by atoms with Gasteiger partial charge in [0.2, 0.25) is 0 Å². The lowest BCUT2D eigenvalue weighted by Gasteiger charge is -2.36. The highest BCUT2D eigenvalue weighted by atomic mass is 19.4. The molecule has 0 bridgehead atoms. The maximum Gasteiger partial charge on any atom is 0.416 e. The van der Waals surface area contributed by atoms with Crippen molar-refractivity contribution in [1.82, 2.24) is 9.80 Å². The lowest BCUT2D eigenvalue weighted by molar-refractivity contribution is -0.137. The van der Waals surface area contributed by atoms with E-state index < -0.39 is 17.8 Å². The first-order valence-electron chi connectivity index (χ1n) is 10.7. The van der Waals surface area contributed by atoms with Gasteiger partial charge in [0.15, 0.2) is 0 Å². The second kappa shape index (κ2) is 12.5. The standard InChI is InChI=1S/C22H33F3N2O5/c1-16(2)32-15-19(28)12-26-8-11-31-20(13-26)14-27(9-10-30-3)21(29)17-4-6-18(7-5-17)22(23,24)25/h4-7,16,19-20,28H,8-15H2,1-3H3. The van der Waals surface area contributed by atoms with Gasteiger partial charge in [-0.15, -0.1) is 0 Å². The molecule has 0 saturated carbocycles. The normalized spacial score (nSPS) is 18.7. The molecule has 0 aromatic heterocycles. The Morgan fingerprint density at radius 3 is 2.59 bits per heavy atom. The molecule has 10 heteroatoms. The molecule has 1 N–H and O–H groups in total. The molecule has 2 unspecified atom stereocenters. The highest BCUT2D eigenvalue weighted by Gasteiger charge is 2.31. The molecule has 0 radical (unpaired) electrons. The smallest absolute Gasteiger partial charge is 0.389 e. The van der Waals surface area contributed by atoms with Gasteiger partial charge in [-0.25, -0.2) is 0 Å². The van der Waals surface area contributed by atoms with Crippen molar-refractivity contribution in [3.05, 3.63) is 35.4 Å². The van der Waals surface area contributed by atoms with E-state index in [-0.39, 0.29) is 50.0 Å².